The Labute approximate surface area is 104 Å². The summed E-state index contributed by atoms with van der Waals surface area (Å²) in [5.74, 6) is -0.811. The summed E-state index contributed by atoms with van der Waals surface area (Å²) >= 11 is 1.52. The average Bonchev–Trinajstić information content (AvgIpc) is 2.72. The van der Waals surface area contributed by atoms with Gasteiger partial charge in [-0.25, -0.2) is 9.78 Å². The van der Waals surface area contributed by atoms with Crippen molar-refractivity contribution in [1.82, 2.24) is 4.98 Å². The Bertz CT molecular complexity index is 505. The smallest absolute Gasteiger partial charge is 0.326 e. The minimum atomic E-state index is -0.811. The first kappa shape index (κ1) is 11.9. The second-order valence-electron chi connectivity index (χ2n) is 3.84. The molecule has 1 unspecified atom stereocenters. The maximum Gasteiger partial charge on any atom is 0.326 e. The van der Waals surface area contributed by atoms with Gasteiger partial charge in [-0.3, -0.25) is 0 Å². The van der Waals surface area contributed by atoms with E-state index >= 15 is 0 Å². The molecule has 0 aliphatic carbocycles. The number of nitrogens with zero attached hydrogens (tertiary/aromatic N) is 2. The highest BCUT2D eigenvalue weighted by atomic mass is 32.1. The number of carboxylic acids is 1. The van der Waals surface area contributed by atoms with Gasteiger partial charge in [-0.2, -0.15) is 0 Å². The number of carbonyl (C=O) groups is 1. The number of benzene rings is 1. The van der Waals surface area contributed by atoms with Gasteiger partial charge in [-0.1, -0.05) is 30.4 Å². The van der Waals surface area contributed by atoms with Crippen molar-refractivity contribution in [2.75, 3.05) is 11.9 Å². The topological polar surface area (TPSA) is 53.4 Å². The molecule has 0 spiro atoms. The van der Waals surface area contributed by atoms with Crippen molar-refractivity contribution in [3.05, 3.63) is 24.3 Å². The number of thiazole rings is 1. The molecule has 0 saturated carbocycles. The van der Waals surface area contributed by atoms with E-state index in [4.69, 9.17) is 5.11 Å². The Morgan fingerprint density at radius 3 is 2.82 bits per heavy atom. The van der Waals surface area contributed by atoms with E-state index < -0.39 is 12.0 Å². The van der Waals surface area contributed by atoms with Crippen LogP contribution >= 0.6 is 11.3 Å². The van der Waals surface area contributed by atoms with Crippen LogP contribution in [-0.2, 0) is 4.79 Å². The SMILES string of the molecule is CCC(C(=O)O)N(C)c1nc2ccccc2s1. The largest absolute Gasteiger partial charge is 0.480 e. The average molecular weight is 250 g/mol. The minimum Gasteiger partial charge on any atom is -0.480 e. The maximum atomic E-state index is 11.1. The lowest BCUT2D eigenvalue weighted by atomic mass is 10.2. The van der Waals surface area contributed by atoms with Gasteiger partial charge in [-0.15, -0.1) is 0 Å². The zero-order valence-electron chi connectivity index (χ0n) is 9.75. The summed E-state index contributed by atoms with van der Waals surface area (Å²) < 4.78 is 1.08. The summed E-state index contributed by atoms with van der Waals surface area (Å²) in [4.78, 5) is 17.3. The van der Waals surface area contributed by atoms with Crippen LogP contribution in [0.25, 0.3) is 10.2 Å². The van der Waals surface area contributed by atoms with Gasteiger partial charge in [0.05, 0.1) is 10.2 Å². The third-order valence-electron chi connectivity index (χ3n) is 2.72. The highest BCUT2D eigenvalue weighted by Crippen LogP contribution is 2.29. The van der Waals surface area contributed by atoms with Crippen molar-refractivity contribution in [1.29, 1.82) is 0 Å². The highest BCUT2D eigenvalue weighted by Gasteiger charge is 2.22. The van der Waals surface area contributed by atoms with E-state index in [2.05, 4.69) is 4.98 Å². The zero-order chi connectivity index (χ0) is 12.4. The molecular formula is C12H14N2O2S. The van der Waals surface area contributed by atoms with Gasteiger partial charge in [0.1, 0.15) is 6.04 Å². The van der Waals surface area contributed by atoms with Gasteiger partial charge in [0.25, 0.3) is 0 Å². The molecule has 0 fully saturated rings. The van der Waals surface area contributed by atoms with Crippen LogP contribution in [0.2, 0.25) is 0 Å². The van der Waals surface area contributed by atoms with E-state index in [0.29, 0.717) is 6.42 Å². The molecule has 2 aromatic rings. The number of fused-ring (bicyclic) bond motifs is 1. The summed E-state index contributed by atoms with van der Waals surface area (Å²) in [7, 11) is 1.78. The van der Waals surface area contributed by atoms with Crippen molar-refractivity contribution < 1.29 is 9.90 Å². The molecule has 5 heteroatoms. The molecule has 1 aromatic carbocycles. The van der Waals surface area contributed by atoms with Gasteiger partial charge in [0.2, 0.25) is 0 Å². The first-order valence-corrected chi connectivity index (χ1v) is 6.26. The van der Waals surface area contributed by atoms with Crippen LogP contribution in [-0.4, -0.2) is 29.1 Å². The lowest BCUT2D eigenvalue weighted by Gasteiger charge is -2.22. The Morgan fingerprint density at radius 2 is 2.24 bits per heavy atom. The summed E-state index contributed by atoms with van der Waals surface area (Å²) in [6, 6.07) is 7.30. The Morgan fingerprint density at radius 1 is 1.53 bits per heavy atom. The quantitative estimate of drug-likeness (QED) is 0.906. The highest BCUT2D eigenvalue weighted by molar-refractivity contribution is 7.22. The van der Waals surface area contributed by atoms with Crippen LogP contribution < -0.4 is 4.90 Å². The second kappa shape index (κ2) is 4.71. The van der Waals surface area contributed by atoms with Crippen molar-refractivity contribution in [2.24, 2.45) is 0 Å². The van der Waals surface area contributed by atoms with Crippen LogP contribution in [0.4, 0.5) is 5.13 Å². The molecular weight excluding hydrogens is 236 g/mol. The standard InChI is InChI=1S/C12H14N2O2S/c1-3-9(11(15)16)14(2)12-13-8-6-4-5-7-10(8)17-12/h4-7,9H,3H2,1-2H3,(H,15,16). The zero-order valence-corrected chi connectivity index (χ0v) is 10.6. The van der Waals surface area contributed by atoms with Crippen molar-refractivity contribution in [3.8, 4) is 0 Å². The van der Waals surface area contributed by atoms with E-state index in [1.54, 1.807) is 11.9 Å². The fourth-order valence-electron chi connectivity index (χ4n) is 1.76. The van der Waals surface area contributed by atoms with Crippen LogP contribution in [0.3, 0.4) is 0 Å². The molecule has 0 bridgehead atoms. The fourth-order valence-corrected chi connectivity index (χ4v) is 2.74. The van der Waals surface area contributed by atoms with E-state index in [-0.39, 0.29) is 0 Å². The van der Waals surface area contributed by atoms with Gasteiger partial charge < -0.3 is 10.0 Å². The Kier molecular flexibility index (Phi) is 3.28. The first-order chi connectivity index (χ1) is 8.13. The predicted molar refractivity (Wildman–Crippen MR) is 69.7 cm³/mol. The van der Waals surface area contributed by atoms with Gasteiger partial charge >= 0.3 is 5.97 Å². The van der Waals surface area contributed by atoms with E-state index in [1.807, 2.05) is 31.2 Å². The van der Waals surface area contributed by atoms with Crippen LogP contribution in [0, 0.1) is 0 Å². The monoisotopic (exact) mass is 250 g/mol. The fraction of sp³-hybridized carbons (Fsp3) is 0.333. The molecule has 0 aliphatic rings. The number of hydrogen-bond acceptors (Lipinski definition) is 4. The van der Waals surface area contributed by atoms with Crippen molar-refractivity contribution in [2.45, 2.75) is 19.4 Å². The number of aliphatic carboxylic acids is 1. The lowest BCUT2D eigenvalue weighted by molar-refractivity contribution is -0.138. The molecule has 1 atom stereocenters. The molecule has 1 heterocycles. The summed E-state index contributed by atoms with van der Waals surface area (Å²) in [5, 5.41) is 9.87. The van der Waals surface area contributed by atoms with Crippen molar-refractivity contribution in [3.63, 3.8) is 0 Å². The Hall–Kier alpha value is -1.62. The van der Waals surface area contributed by atoms with Crippen LogP contribution in [0.15, 0.2) is 24.3 Å². The molecule has 4 nitrogen and oxygen atoms in total. The van der Waals surface area contributed by atoms with Gasteiger partial charge in [0, 0.05) is 7.05 Å². The lowest BCUT2D eigenvalue weighted by Crippen LogP contribution is -2.37. The van der Waals surface area contributed by atoms with Gasteiger partial charge in [0.15, 0.2) is 5.13 Å². The number of para-hydroxylation sites is 1. The molecule has 0 amide bonds. The molecule has 0 saturated heterocycles. The van der Waals surface area contributed by atoms with E-state index in [1.165, 1.54) is 11.3 Å². The number of likely N-dealkylation sites (N-methyl/N-ethyl adjacent to an activating group) is 1. The number of carboxylic acid groups (broad SMARTS) is 1. The number of anilines is 1. The first-order valence-electron chi connectivity index (χ1n) is 5.44. The predicted octanol–water partition coefficient (Wildman–Crippen LogP) is 2.60. The molecule has 2 rings (SSSR count). The number of rotatable bonds is 4. The normalized spacial score (nSPS) is 12.6. The van der Waals surface area contributed by atoms with Crippen LogP contribution in [0.5, 0.6) is 0 Å². The molecule has 0 aliphatic heterocycles. The molecule has 1 aromatic heterocycles. The van der Waals surface area contributed by atoms with Crippen LogP contribution in [0.1, 0.15) is 13.3 Å². The summed E-state index contributed by atoms with van der Waals surface area (Å²) in [5.41, 5.74) is 0.916. The summed E-state index contributed by atoms with van der Waals surface area (Å²) in [6.45, 7) is 1.86. The minimum absolute atomic E-state index is 0.518. The molecule has 0 radical (unpaired) electrons. The molecule has 1 N–H and O–H groups in total. The van der Waals surface area contributed by atoms with Gasteiger partial charge in [-0.05, 0) is 18.6 Å². The second-order valence-corrected chi connectivity index (χ2v) is 4.85. The maximum absolute atomic E-state index is 11.1. The van der Waals surface area contributed by atoms with E-state index in [9.17, 15) is 4.79 Å². The third-order valence-corrected chi connectivity index (χ3v) is 3.85. The third kappa shape index (κ3) is 2.24. The van der Waals surface area contributed by atoms with E-state index in [0.717, 1.165) is 15.3 Å². The number of aromatic nitrogens is 1. The Balaban J connectivity index is 2.35. The summed E-state index contributed by atoms with van der Waals surface area (Å²) in [6.07, 6.45) is 0.557. The number of hydrogen-bond donors (Lipinski definition) is 1. The molecule has 17 heavy (non-hydrogen) atoms. The van der Waals surface area contributed by atoms with Crippen molar-refractivity contribution >= 4 is 32.7 Å². The molecule has 90 valence electrons.